The highest BCUT2D eigenvalue weighted by Gasteiger charge is 2.17. The van der Waals surface area contributed by atoms with E-state index in [9.17, 15) is 9.59 Å². The molecule has 224 valence electrons. The lowest BCUT2D eigenvalue weighted by atomic mass is 9.96. The first kappa shape index (κ1) is 32.8. The lowest BCUT2D eigenvalue weighted by Gasteiger charge is -2.18. The summed E-state index contributed by atoms with van der Waals surface area (Å²) >= 11 is 0. The van der Waals surface area contributed by atoms with Gasteiger partial charge in [0.25, 0.3) is 0 Å². The van der Waals surface area contributed by atoms with E-state index in [0.717, 1.165) is 23.8 Å². The number of carbonyl (C=O) groups excluding carboxylic acids is 2. The van der Waals surface area contributed by atoms with Crippen molar-refractivity contribution in [2.45, 2.75) is 71.6 Å². The van der Waals surface area contributed by atoms with Crippen molar-refractivity contribution < 1.29 is 24.2 Å². The lowest BCUT2D eigenvalue weighted by Crippen LogP contribution is -2.24. The Kier molecular flexibility index (Phi) is 13.5. The highest BCUT2D eigenvalue weighted by Crippen LogP contribution is 2.22. The van der Waals surface area contributed by atoms with E-state index in [0.29, 0.717) is 12.0 Å². The summed E-state index contributed by atoms with van der Waals surface area (Å²) in [5.41, 5.74) is 5.44. The van der Waals surface area contributed by atoms with Gasteiger partial charge in [0.1, 0.15) is 0 Å². The number of aliphatic hydroxyl groups excluding tert-OH is 1. The first-order valence-electron chi connectivity index (χ1n) is 15.2. The summed E-state index contributed by atoms with van der Waals surface area (Å²) in [6.07, 6.45) is 10.3. The SMILES string of the molecule is C=C(C)C(=O)OCC(COC(=O)C(=C)CO)Cc1ccc2cc(CCc3ccc(CCCCCCC)cc3)ccc2c1. The maximum atomic E-state index is 12.0. The van der Waals surface area contributed by atoms with Crippen LogP contribution in [0.1, 0.15) is 68.2 Å². The van der Waals surface area contributed by atoms with Crippen LogP contribution in [0.4, 0.5) is 0 Å². The van der Waals surface area contributed by atoms with Crippen LogP contribution in [0, 0.1) is 5.92 Å². The van der Waals surface area contributed by atoms with Gasteiger partial charge in [0, 0.05) is 11.5 Å². The summed E-state index contributed by atoms with van der Waals surface area (Å²) in [5.74, 6) is -1.40. The second-order valence-corrected chi connectivity index (χ2v) is 11.3. The van der Waals surface area contributed by atoms with Crippen molar-refractivity contribution in [3.63, 3.8) is 0 Å². The molecule has 0 fully saturated rings. The molecule has 5 heteroatoms. The van der Waals surface area contributed by atoms with Gasteiger partial charge >= 0.3 is 11.9 Å². The molecule has 1 atom stereocenters. The molecule has 1 unspecified atom stereocenters. The van der Waals surface area contributed by atoms with Crippen molar-refractivity contribution in [3.05, 3.63) is 107 Å². The lowest BCUT2D eigenvalue weighted by molar-refractivity contribution is -0.144. The van der Waals surface area contributed by atoms with Crippen LogP contribution in [0.25, 0.3) is 10.8 Å². The Balaban J connectivity index is 1.58. The molecule has 3 aromatic rings. The Morgan fingerprint density at radius 2 is 1.24 bits per heavy atom. The largest absolute Gasteiger partial charge is 0.462 e. The zero-order chi connectivity index (χ0) is 30.3. The zero-order valence-corrected chi connectivity index (χ0v) is 25.3. The summed E-state index contributed by atoms with van der Waals surface area (Å²) in [6, 6.07) is 22.0. The smallest absolute Gasteiger partial charge is 0.335 e. The Morgan fingerprint density at radius 3 is 1.86 bits per heavy atom. The molecular weight excluding hydrogens is 524 g/mol. The molecule has 0 bridgehead atoms. The molecule has 42 heavy (non-hydrogen) atoms. The van der Waals surface area contributed by atoms with Gasteiger partial charge in [-0.1, -0.05) is 106 Å². The average Bonchev–Trinajstić information content (AvgIpc) is 3.00. The van der Waals surface area contributed by atoms with Crippen LogP contribution in [0.2, 0.25) is 0 Å². The van der Waals surface area contributed by atoms with Gasteiger partial charge in [0.05, 0.1) is 25.4 Å². The first-order valence-corrected chi connectivity index (χ1v) is 15.2. The predicted octanol–water partition coefficient (Wildman–Crippen LogP) is 7.51. The van der Waals surface area contributed by atoms with Crippen LogP contribution < -0.4 is 0 Å². The molecule has 0 amide bonds. The third-order valence-corrected chi connectivity index (χ3v) is 7.52. The number of unbranched alkanes of at least 4 members (excludes halogenated alkanes) is 4. The number of esters is 2. The van der Waals surface area contributed by atoms with Gasteiger partial charge in [-0.3, -0.25) is 0 Å². The van der Waals surface area contributed by atoms with Crippen molar-refractivity contribution in [1.29, 1.82) is 0 Å². The number of hydrogen-bond donors (Lipinski definition) is 1. The van der Waals surface area contributed by atoms with Gasteiger partial charge in [0.15, 0.2) is 0 Å². The van der Waals surface area contributed by atoms with E-state index in [1.165, 1.54) is 60.6 Å². The number of ether oxygens (including phenoxy) is 2. The summed E-state index contributed by atoms with van der Waals surface area (Å²) in [5, 5.41) is 11.4. The van der Waals surface area contributed by atoms with E-state index in [4.69, 9.17) is 14.6 Å². The second kappa shape index (κ2) is 17.3. The summed E-state index contributed by atoms with van der Waals surface area (Å²) in [4.78, 5) is 24.0. The molecule has 0 spiro atoms. The van der Waals surface area contributed by atoms with Crippen molar-refractivity contribution in [3.8, 4) is 0 Å². The molecule has 3 rings (SSSR count). The monoisotopic (exact) mass is 570 g/mol. The number of rotatable bonds is 18. The van der Waals surface area contributed by atoms with E-state index in [1.807, 2.05) is 0 Å². The third kappa shape index (κ3) is 10.9. The Hall–Kier alpha value is -3.70. The standard InChI is InChI=1S/C37H46O5/c1-5-6-7-8-9-10-29-11-13-30(14-12-29)15-16-31-17-19-35-23-32(18-20-34(35)22-31)21-33(25-41-36(39)27(2)3)26-42-37(40)28(4)24-38/h11-14,17-20,22-23,33,38H,2,4-10,15-16,21,24-26H2,1,3H3. The molecule has 0 aliphatic rings. The van der Waals surface area contributed by atoms with Crippen LogP contribution in [-0.4, -0.2) is 36.9 Å². The molecule has 3 aromatic carbocycles. The fourth-order valence-corrected chi connectivity index (χ4v) is 4.90. The molecule has 0 heterocycles. The van der Waals surface area contributed by atoms with Crippen molar-refractivity contribution in [2.24, 2.45) is 5.92 Å². The van der Waals surface area contributed by atoms with Crippen LogP contribution >= 0.6 is 0 Å². The predicted molar refractivity (Wildman–Crippen MR) is 170 cm³/mol. The Morgan fingerprint density at radius 1 is 0.714 bits per heavy atom. The highest BCUT2D eigenvalue weighted by molar-refractivity contribution is 5.88. The second-order valence-electron chi connectivity index (χ2n) is 11.3. The molecule has 0 radical (unpaired) electrons. The summed E-state index contributed by atoms with van der Waals surface area (Å²) in [7, 11) is 0. The molecule has 5 nitrogen and oxygen atoms in total. The number of aliphatic hydroxyl groups is 1. The number of benzene rings is 3. The van der Waals surface area contributed by atoms with Gasteiger partial charge < -0.3 is 14.6 Å². The first-order chi connectivity index (χ1) is 20.3. The minimum atomic E-state index is -0.659. The van der Waals surface area contributed by atoms with Gasteiger partial charge in [0.2, 0.25) is 0 Å². The van der Waals surface area contributed by atoms with E-state index in [1.54, 1.807) is 6.92 Å². The maximum absolute atomic E-state index is 12.0. The normalized spacial score (nSPS) is 11.7. The van der Waals surface area contributed by atoms with Crippen molar-refractivity contribution in [1.82, 2.24) is 0 Å². The summed E-state index contributed by atoms with van der Waals surface area (Å²) < 4.78 is 10.7. The van der Waals surface area contributed by atoms with Gasteiger partial charge in [-0.2, -0.15) is 0 Å². The minimum Gasteiger partial charge on any atom is -0.462 e. The Bertz CT molecular complexity index is 1340. The number of aryl methyl sites for hydroxylation is 3. The van der Waals surface area contributed by atoms with Crippen LogP contribution in [0.15, 0.2) is 85.0 Å². The Labute approximate surface area is 251 Å². The van der Waals surface area contributed by atoms with E-state index in [2.05, 4.69) is 80.7 Å². The fourth-order valence-electron chi connectivity index (χ4n) is 4.90. The molecule has 0 aliphatic carbocycles. The van der Waals surface area contributed by atoms with Crippen LogP contribution in [0.3, 0.4) is 0 Å². The van der Waals surface area contributed by atoms with Crippen molar-refractivity contribution in [2.75, 3.05) is 19.8 Å². The average molecular weight is 571 g/mol. The molecule has 0 aliphatic heterocycles. The fraction of sp³-hybridized carbons (Fsp3) is 0.405. The van der Waals surface area contributed by atoms with Gasteiger partial charge in [-0.15, -0.1) is 0 Å². The molecular formula is C37H46O5. The van der Waals surface area contributed by atoms with E-state index < -0.39 is 18.5 Å². The topological polar surface area (TPSA) is 72.8 Å². The van der Waals surface area contributed by atoms with Crippen LogP contribution in [-0.2, 0) is 44.7 Å². The molecule has 0 saturated carbocycles. The zero-order valence-electron chi connectivity index (χ0n) is 25.3. The highest BCUT2D eigenvalue weighted by atomic mass is 16.5. The molecule has 1 N–H and O–H groups in total. The quantitative estimate of drug-likeness (QED) is 0.0974. The van der Waals surface area contributed by atoms with Crippen LogP contribution in [0.5, 0.6) is 0 Å². The van der Waals surface area contributed by atoms with Gasteiger partial charge in [-0.25, -0.2) is 9.59 Å². The summed E-state index contributed by atoms with van der Waals surface area (Å²) in [6.45, 7) is 10.6. The number of fused-ring (bicyclic) bond motifs is 1. The number of hydrogen-bond acceptors (Lipinski definition) is 5. The third-order valence-electron chi connectivity index (χ3n) is 7.52. The van der Waals surface area contributed by atoms with E-state index >= 15 is 0 Å². The van der Waals surface area contributed by atoms with Crippen molar-refractivity contribution >= 4 is 22.7 Å². The number of carbonyl (C=O) groups is 2. The molecule has 0 saturated heterocycles. The molecule has 0 aromatic heterocycles. The van der Waals surface area contributed by atoms with E-state index in [-0.39, 0.29) is 24.7 Å². The van der Waals surface area contributed by atoms with Gasteiger partial charge in [-0.05, 0) is 72.1 Å². The maximum Gasteiger partial charge on any atom is 0.335 e. The minimum absolute atomic E-state index is 0.0145.